The van der Waals surface area contributed by atoms with E-state index in [2.05, 4.69) is 36.2 Å². The van der Waals surface area contributed by atoms with Crippen molar-refractivity contribution in [2.24, 2.45) is 0 Å². The van der Waals surface area contributed by atoms with Crippen molar-refractivity contribution >= 4 is 17.6 Å². The maximum absolute atomic E-state index is 12.7. The van der Waals surface area contributed by atoms with Crippen molar-refractivity contribution in [3.8, 4) is 11.5 Å². The van der Waals surface area contributed by atoms with E-state index in [0.717, 1.165) is 29.4 Å². The molecule has 2 aromatic carbocycles. The Labute approximate surface area is 183 Å². The Morgan fingerprint density at radius 2 is 1.84 bits per heavy atom. The Morgan fingerprint density at radius 3 is 2.48 bits per heavy atom. The molecule has 2 heterocycles. The summed E-state index contributed by atoms with van der Waals surface area (Å²) in [6.45, 7) is 3.54. The summed E-state index contributed by atoms with van der Waals surface area (Å²) < 4.78 is 34.7. The van der Waals surface area contributed by atoms with Crippen LogP contribution in [0.1, 0.15) is 23.7 Å². The van der Waals surface area contributed by atoms with E-state index in [1.807, 2.05) is 49.6 Å². The molecular weight excluding hydrogens is 420 g/mol. The van der Waals surface area contributed by atoms with Gasteiger partial charge in [0, 0.05) is 35.9 Å². The summed E-state index contributed by atoms with van der Waals surface area (Å²) in [5, 5.41) is 7.08. The number of imidazole rings is 1. The Kier molecular flexibility index (Phi) is 6.61. The SMILES string of the molecule is Cc1nccn1CCSN(Cc1ccc(-c2nnc(C(F)F)o2)cc1)c1ccccc1. The summed E-state index contributed by atoms with van der Waals surface area (Å²) in [7, 11) is 0. The van der Waals surface area contributed by atoms with E-state index in [9.17, 15) is 8.78 Å². The minimum Gasteiger partial charge on any atom is -0.415 e. The summed E-state index contributed by atoms with van der Waals surface area (Å²) in [4.78, 5) is 4.27. The predicted molar refractivity (Wildman–Crippen MR) is 117 cm³/mol. The Hall–Kier alpha value is -3.20. The molecule has 0 saturated heterocycles. The van der Waals surface area contributed by atoms with Crippen LogP contribution in [0.15, 0.2) is 71.4 Å². The third-order valence-corrected chi connectivity index (χ3v) is 5.72. The second-order valence-electron chi connectivity index (χ2n) is 6.82. The van der Waals surface area contributed by atoms with Crippen LogP contribution in [-0.4, -0.2) is 25.5 Å². The lowest BCUT2D eigenvalue weighted by molar-refractivity contribution is 0.116. The van der Waals surface area contributed by atoms with E-state index in [0.29, 0.717) is 12.1 Å². The van der Waals surface area contributed by atoms with E-state index in [1.165, 1.54) is 0 Å². The van der Waals surface area contributed by atoms with Crippen LogP contribution in [0.3, 0.4) is 0 Å². The standard InChI is InChI=1S/C22H21F2N5OS/c1-16-25-11-12-28(16)13-14-31-29(19-5-3-2-4-6-19)15-17-7-9-18(10-8-17)21-26-27-22(30-21)20(23)24/h2-12,20H,13-15H2,1H3. The molecule has 2 aromatic heterocycles. The Bertz CT molecular complexity index is 1100. The van der Waals surface area contributed by atoms with Crippen LogP contribution < -0.4 is 4.31 Å². The molecule has 4 aromatic rings. The highest BCUT2D eigenvalue weighted by Crippen LogP contribution is 2.27. The van der Waals surface area contributed by atoms with E-state index in [-0.39, 0.29) is 5.89 Å². The number of aryl methyl sites for hydroxylation is 2. The first-order valence-electron chi connectivity index (χ1n) is 9.74. The molecule has 0 spiro atoms. The van der Waals surface area contributed by atoms with Gasteiger partial charge in [-0.05, 0) is 48.7 Å². The van der Waals surface area contributed by atoms with Crippen molar-refractivity contribution < 1.29 is 13.2 Å². The van der Waals surface area contributed by atoms with Crippen molar-refractivity contribution in [3.05, 3.63) is 84.3 Å². The molecule has 0 radical (unpaired) electrons. The molecule has 31 heavy (non-hydrogen) atoms. The number of halogens is 2. The number of hydrogen-bond donors (Lipinski definition) is 0. The van der Waals surface area contributed by atoms with Crippen molar-refractivity contribution in [1.29, 1.82) is 0 Å². The summed E-state index contributed by atoms with van der Waals surface area (Å²) >= 11 is 1.74. The van der Waals surface area contributed by atoms with E-state index in [4.69, 9.17) is 4.42 Å². The van der Waals surface area contributed by atoms with Gasteiger partial charge in [0.05, 0.1) is 6.54 Å². The van der Waals surface area contributed by atoms with Crippen LogP contribution in [0.5, 0.6) is 0 Å². The monoisotopic (exact) mass is 441 g/mol. The summed E-state index contributed by atoms with van der Waals surface area (Å²) in [5.41, 5.74) is 2.79. The average molecular weight is 442 g/mol. The molecule has 0 N–H and O–H groups in total. The van der Waals surface area contributed by atoms with Crippen molar-refractivity contribution in [2.75, 3.05) is 10.1 Å². The quantitative estimate of drug-likeness (QED) is 0.318. The number of rotatable bonds is 9. The van der Waals surface area contributed by atoms with Gasteiger partial charge in [0.15, 0.2) is 0 Å². The number of anilines is 1. The molecule has 160 valence electrons. The van der Waals surface area contributed by atoms with Gasteiger partial charge in [-0.15, -0.1) is 10.2 Å². The van der Waals surface area contributed by atoms with Gasteiger partial charge in [-0.1, -0.05) is 30.3 Å². The van der Waals surface area contributed by atoms with Crippen LogP contribution in [0.25, 0.3) is 11.5 Å². The maximum atomic E-state index is 12.7. The predicted octanol–water partition coefficient (Wildman–Crippen LogP) is 5.53. The topological polar surface area (TPSA) is 60.0 Å². The van der Waals surface area contributed by atoms with E-state index >= 15 is 0 Å². The lowest BCUT2D eigenvalue weighted by Crippen LogP contribution is -2.16. The summed E-state index contributed by atoms with van der Waals surface area (Å²) in [5.74, 6) is 1.31. The molecule has 0 atom stereocenters. The lowest BCUT2D eigenvalue weighted by Gasteiger charge is -2.24. The number of para-hydroxylation sites is 1. The van der Waals surface area contributed by atoms with Gasteiger partial charge in [0.2, 0.25) is 5.89 Å². The van der Waals surface area contributed by atoms with Gasteiger partial charge < -0.3 is 13.3 Å². The summed E-state index contributed by atoms with van der Waals surface area (Å²) in [6, 6.07) is 17.7. The minimum atomic E-state index is -2.77. The molecule has 4 rings (SSSR count). The first-order valence-corrected chi connectivity index (χ1v) is 10.7. The zero-order valence-corrected chi connectivity index (χ0v) is 17.7. The largest absolute Gasteiger partial charge is 0.415 e. The fourth-order valence-electron chi connectivity index (χ4n) is 3.05. The smallest absolute Gasteiger partial charge is 0.314 e. The average Bonchev–Trinajstić information content (AvgIpc) is 3.44. The number of aromatic nitrogens is 4. The van der Waals surface area contributed by atoms with Crippen LogP contribution in [0, 0.1) is 6.92 Å². The van der Waals surface area contributed by atoms with Gasteiger partial charge in [-0.2, -0.15) is 8.78 Å². The van der Waals surface area contributed by atoms with Gasteiger partial charge in [-0.3, -0.25) is 0 Å². The number of hydrogen-bond acceptors (Lipinski definition) is 6. The molecule has 0 unspecified atom stereocenters. The zero-order chi connectivity index (χ0) is 21.6. The van der Waals surface area contributed by atoms with Gasteiger partial charge in [-0.25, -0.2) is 4.98 Å². The first kappa shape index (κ1) is 21.0. The highest BCUT2D eigenvalue weighted by atomic mass is 32.2. The van der Waals surface area contributed by atoms with Gasteiger partial charge in [0.25, 0.3) is 5.89 Å². The Morgan fingerprint density at radius 1 is 1.06 bits per heavy atom. The van der Waals surface area contributed by atoms with E-state index in [1.54, 1.807) is 24.1 Å². The highest BCUT2D eigenvalue weighted by Gasteiger charge is 2.17. The van der Waals surface area contributed by atoms with Crippen LogP contribution in [0.4, 0.5) is 14.5 Å². The number of alkyl halides is 2. The second-order valence-corrected chi connectivity index (χ2v) is 7.92. The molecule has 0 aliphatic rings. The fourth-order valence-corrected chi connectivity index (χ4v) is 4.06. The van der Waals surface area contributed by atoms with Crippen molar-refractivity contribution in [3.63, 3.8) is 0 Å². The fraction of sp³-hybridized carbons (Fsp3) is 0.227. The lowest BCUT2D eigenvalue weighted by atomic mass is 10.1. The molecule has 0 saturated carbocycles. The zero-order valence-electron chi connectivity index (χ0n) is 16.9. The van der Waals surface area contributed by atoms with E-state index < -0.39 is 12.3 Å². The molecular formula is C22H21F2N5OS. The molecule has 0 aliphatic carbocycles. The number of nitrogens with zero attached hydrogens (tertiary/aromatic N) is 5. The maximum Gasteiger partial charge on any atom is 0.314 e. The first-order chi connectivity index (χ1) is 15.1. The molecule has 6 nitrogen and oxygen atoms in total. The molecule has 9 heteroatoms. The third kappa shape index (κ3) is 5.29. The highest BCUT2D eigenvalue weighted by molar-refractivity contribution is 8.00. The van der Waals surface area contributed by atoms with Crippen molar-refractivity contribution in [2.45, 2.75) is 26.4 Å². The molecule has 0 aliphatic heterocycles. The normalized spacial score (nSPS) is 11.2. The summed E-state index contributed by atoms with van der Waals surface area (Å²) in [6.07, 6.45) is 1.02. The molecule has 0 fully saturated rings. The van der Waals surface area contributed by atoms with Crippen molar-refractivity contribution in [1.82, 2.24) is 19.7 Å². The molecule has 0 bridgehead atoms. The molecule has 0 amide bonds. The van der Waals surface area contributed by atoms with Crippen LogP contribution in [-0.2, 0) is 13.1 Å². The third-order valence-electron chi connectivity index (χ3n) is 4.70. The van der Waals surface area contributed by atoms with Crippen LogP contribution >= 0.6 is 11.9 Å². The van der Waals surface area contributed by atoms with Crippen LogP contribution in [0.2, 0.25) is 0 Å². The van der Waals surface area contributed by atoms with Gasteiger partial charge >= 0.3 is 6.43 Å². The Balaban J connectivity index is 1.45. The second kappa shape index (κ2) is 9.74. The number of benzene rings is 2. The van der Waals surface area contributed by atoms with Gasteiger partial charge in [0.1, 0.15) is 5.82 Å². The minimum absolute atomic E-state index is 0.0897.